The van der Waals surface area contributed by atoms with Crippen LogP contribution in [0.15, 0.2) is 53.6 Å². The van der Waals surface area contributed by atoms with Crippen LogP contribution in [0.2, 0.25) is 0 Å². The first-order chi connectivity index (χ1) is 28.5. The summed E-state index contributed by atoms with van der Waals surface area (Å²) in [6.45, 7) is 4.76. The van der Waals surface area contributed by atoms with Crippen molar-refractivity contribution in [3.8, 4) is 11.5 Å². The Kier molecular flexibility index (Phi) is 11.7. The van der Waals surface area contributed by atoms with E-state index in [0.29, 0.717) is 32.1 Å². The maximum absolute atomic E-state index is 13.8. The largest absolute Gasteiger partial charge is 0.505 e. The van der Waals surface area contributed by atoms with Crippen molar-refractivity contribution in [3.63, 3.8) is 0 Å². The van der Waals surface area contributed by atoms with Gasteiger partial charge in [0.15, 0.2) is 41.1 Å². The van der Waals surface area contributed by atoms with E-state index in [9.17, 15) is 56.5 Å². The number of fused-ring (bicyclic) bond motifs is 4. The van der Waals surface area contributed by atoms with Gasteiger partial charge < -0.3 is 43.9 Å². The summed E-state index contributed by atoms with van der Waals surface area (Å²) in [6.07, 6.45) is 2.46. The Morgan fingerprint density at radius 1 is 0.733 bits per heavy atom. The first kappa shape index (κ1) is 41.8. The number of nitrogens with one attached hydrogen (secondary N) is 1. The third kappa shape index (κ3) is 7.89. The molecular formula is C41H39F4N5O10. The third-order valence-corrected chi connectivity index (χ3v) is 11.0. The van der Waals surface area contributed by atoms with Crippen LogP contribution in [0.1, 0.15) is 85.9 Å². The quantitative estimate of drug-likeness (QED) is 0.134. The molecule has 0 radical (unpaired) electrons. The standard InChI is InChI=1S/C21H20F2N2O5.C20H19F2N3O5/c1-11-6-7-30-17-10-24-9-14(19(27)20(28)18(24)21(29)25(11)17)16(26)5-3-12-2-4-13(22)8-15(12)23;1-10-4-5-30-15-9-24-8-13(17(26)16(24)20(29)25(10)15)18(27)19(28)23-7-11-2-3-12(21)6-14(11)22/h2,4,8-9,11,17,28H,3,5-7,10H2,1H3;2-3,6,8,10,15,26H,4-5,7,9H2,1H3,(H,23,28)/t11-,17+;10-,15+/m11/s1. The number of ketones is 2. The number of hydrogen-bond acceptors (Lipinski definition) is 10. The van der Waals surface area contributed by atoms with Crippen molar-refractivity contribution in [2.45, 2.75) is 83.7 Å². The van der Waals surface area contributed by atoms with Gasteiger partial charge in [-0.2, -0.15) is 0 Å². The molecule has 3 amide bonds. The van der Waals surface area contributed by atoms with Gasteiger partial charge in [-0.1, -0.05) is 12.1 Å². The lowest BCUT2D eigenvalue weighted by Gasteiger charge is -2.44. The molecule has 2 fully saturated rings. The molecule has 3 N–H and O–H groups in total. The number of nitrogens with zero attached hydrogens (tertiary/aromatic N) is 4. The van der Waals surface area contributed by atoms with Gasteiger partial charge in [0.25, 0.3) is 23.5 Å². The van der Waals surface area contributed by atoms with E-state index in [1.165, 1.54) is 37.4 Å². The topological polar surface area (TPSA) is 190 Å². The fourth-order valence-electron chi connectivity index (χ4n) is 7.73. The molecule has 2 saturated heterocycles. The summed E-state index contributed by atoms with van der Waals surface area (Å²) in [4.78, 5) is 78.7. The van der Waals surface area contributed by atoms with Crippen LogP contribution < -0.4 is 10.7 Å². The first-order valence-corrected chi connectivity index (χ1v) is 19.1. The first-order valence-electron chi connectivity index (χ1n) is 19.1. The zero-order valence-electron chi connectivity index (χ0n) is 32.3. The van der Waals surface area contributed by atoms with Gasteiger partial charge in [-0.15, -0.1) is 0 Å². The molecule has 0 bridgehead atoms. The molecule has 0 spiro atoms. The Hall–Kier alpha value is -6.34. The molecule has 0 aliphatic carbocycles. The van der Waals surface area contributed by atoms with Crippen LogP contribution in [0, 0.1) is 23.3 Å². The van der Waals surface area contributed by atoms with Crippen LogP contribution in [-0.4, -0.2) is 96.2 Å². The number of aryl methyl sites for hydroxylation is 1. The van der Waals surface area contributed by atoms with E-state index >= 15 is 0 Å². The van der Waals surface area contributed by atoms with Crippen molar-refractivity contribution in [1.29, 1.82) is 0 Å². The Balaban J connectivity index is 0.000000181. The van der Waals surface area contributed by atoms with Crippen molar-refractivity contribution in [2.75, 3.05) is 13.2 Å². The number of carbonyl (C=O) groups excluding carboxylic acids is 5. The van der Waals surface area contributed by atoms with Gasteiger partial charge in [0, 0.05) is 55.1 Å². The zero-order chi connectivity index (χ0) is 43.2. The molecule has 2 aromatic heterocycles. The average Bonchev–Trinajstić information content (AvgIpc) is 3.53. The van der Waals surface area contributed by atoms with E-state index in [1.807, 2.05) is 13.8 Å². The van der Waals surface area contributed by atoms with Crippen LogP contribution in [0.4, 0.5) is 17.6 Å². The predicted octanol–water partition coefficient (Wildman–Crippen LogP) is 3.80. The minimum Gasteiger partial charge on any atom is -0.505 e. The molecule has 2 aromatic carbocycles. The second kappa shape index (κ2) is 16.7. The molecule has 6 heterocycles. The highest BCUT2D eigenvalue weighted by atomic mass is 19.1. The third-order valence-electron chi connectivity index (χ3n) is 11.0. The number of aromatic hydroxyl groups is 2. The molecule has 15 nitrogen and oxygen atoms in total. The fraction of sp³-hybridized carbons (Fsp3) is 0.366. The van der Waals surface area contributed by atoms with Crippen molar-refractivity contribution in [1.82, 2.24) is 24.3 Å². The highest BCUT2D eigenvalue weighted by Crippen LogP contribution is 2.34. The van der Waals surface area contributed by atoms with Crippen LogP contribution in [0.3, 0.4) is 0 Å². The molecule has 4 atom stereocenters. The van der Waals surface area contributed by atoms with Crippen LogP contribution in [0.5, 0.6) is 11.5 Å². The number of carbonyl (C=O) groups is 5. The molecule has 8 rings (SSSR count). The second-order valence-electron chi connectivity index (χ2n) is 14.9. The van der Waals surface area contributed by atoms with Crippen molar-refractivity contribution in [3.05, 3.63) is 116 Å². The number of hydrogen-bond donors (Lipinski definition) is 3. The van der Waals surface area contributed by atoms with E-state index in [0.717, 1.165) is 24.3 Å². The lowest BCUT2D eigenvalue weighted by molar-refractivity contribution is -0.117. The number of aromatic nitrogens is 2. The van der Waals surface area contributed by atoms with Crippen molar-refractivity contribution in [2.24, 2.45) is 0 Å². The van der Waals surface area contributed by atoms with Gasteiger partial charge in [-0.05, 0) is 50.8 Å². The smallest absolute Gasteiger partial charge is 0.292 e. The Morgan fingerprint density at radius 2 is 1.23 bits per heavy atom. The summed E-state index contributed by atoms with van der Waals surface area (Å²) in [5, 5.41) is 23.1. The minimum atomic E-state index is -1.09. The summed E-state index contributed by atoms with van der Waals surface area (Å²) >= 11 is 0. The number of Topliss-reactive ketones (excluding diaryl/α,β-unsaturated/α-hetero) is 2. The van der Waals surface area contributed by atoms with Gasteiger partial charge in [-0.3, -0.25) is 28.8 Å². The molecule has 0 saturated carbocycles. The van der Waals surface area contributed by atoms with Crippen LogP contribution >= 0.6 is 0 Å². The van der Waals surface area contributed by atoms with Gasteiger partial charge >= 0.3 is 0 Å². The number of pyridine rings is 1. The fourth-order valence-corrected chi connectivity index (χ4v) is 7.73. The van der Waals surface area contributed by atoms with Crippen LogP contribution in [-0.2, 0) is 40.3 Å². The predicted molar refractivity (Wildman–Crippen MR) is 200 cm³/mol. The monoisotopic (exact) mass is 837 g/mol. The molecule has 316 valence electrons. The van der Waals surface area contributed by atoms with Crippen molar-refractivity contribution < 1.29 is 61.2 Å². The molecular weight excluding hydrogens is 798 g/mol. The van der Waals surface area contributed by atoms with E-state index < -0.39 is 81.9 Å². The zero-order valence-corrected chi connectivity index (χ0v) is 32.3. The number of benzene rings is 2. The lowest BCUT2D eigenvalue weighted by atomic mass is 10.0. The number of rotatable bonds is 8. The normalized spacial score (nSPS) is 20.6. The van der Waals surface area contributed by atoms with Gasteiger partial charge in [0.1, 0.15) is 23.3 Å². The second-order valence-corrected chi connectivity index (χ2v) is 14.9. The molecule has 19 heteroatoms. The Labute approximate surface area is 338 Å². The van der Waals surface area contributed by atoms with Gasteiger partial charge in [-0.25, -0.2) is 17.6 Å². The summed E-state index contributed by atoms with van der Waals surface area (Å²) in [7, 11) is 0. The lowest BCUT2D eigenvalue weighted by Crippen LogP contribution is -2.57. The van der Waals surface area contributed by atoms with Gasteiger partial charge in [0.05, 0.1) is 37.4 Å². The number of ether oxygens (including phenoxy) is 2. The summed E-state index contributed by atoms with van der Waals surface area (Å²) < 4.78 is 67.5. The molecule has 4 aromatic rings. The Bertz CT molecular complexity index is 2490. The molecule has 4 aliphatic heterocycles. The van der Waals surface area contributed by atoms with Gasteiger partial charge in [0.2, 0.25) is 5.43 Å². The van der Waals surface area contributed by atoms with E-state index in [4.69, 9.17) is 9.47 Å². The highest BCUT2D eigenvalue weighted by molar-refractivity contribution is 6.43. The molecule has 0 unspecified atom stereocenters. The molecule has 4 aliphatic rings. The van der Waals surface area contributed by atoms with E-state index in [-0.39, 0.29) is 78.2 Å². The van der Waals surface area contributed by atoms with Crippen molar-refractivity contribution >= 4 is 29.3 Å². The maximum Gasteiger partial charge on any atom is 0.292 e. The minimum absolute atomic E-state index is 0.00358. The highest BCUT2D eigenvalue weighted by Gasteiger charge is 2.43. The SMILES string of the molecule is C[C@@H]1CCO[C@H]2Cn3cc(C(=O)C(=O)NCc4ccc(F)cc4F)c(O)c3C(=O)N12.C[C@@H]1CCO[C@H]2Cn3cc(C(=O)CCc4ccc(F)cc4F)c(=O)c(O)c3C(=O)N12. The Morgan fingerprint density at radius 3 is 1.77 bits per heavy atom. The summed E-state index contributed by atoms with van der Waals surface area (Å²) in [6, 6.07) is 5.71. The van der Waals surface area contributed by atoms with Crippen LogP contribution in [0.25, 0.3) is 0 Å². The summed E-state index contributed by atoms with van der Waals surface area (Å²) in [5.74, 6) is -8.27. The maximum atomic E-state index is 13.8. The van der Waals surface area contributed by atoms with E-state index in [1.54, 1.807) is 0 Å². The van der Waals surface area contributed by atoms with E-state index in [2.05, 4.69) is 5.32 Å². The molecule has 60 heavy (non-hydrogen) atoms. The summed E-state index contributed by atoms with van der Waals surface area (Å²) in [5.41, 5.74) is -1.67. The number of amides is 3. The number of halogens is 4. The average molecular weight is 838 g/mol.